The molecule has 0 radical (unpaired) electrons. The first-order valence-corrected chi connectivity index (χ1v) is 6.92. The van der Waals surface area contributed by atoms with Crippen molar-refractivity contribution in [3.8, 4) is 0 Å². The van der Waals surface area contributed by atoms with Crippen molar-refractivity contribution in [2.24, 2.45) is 5.73 Å². The lowest BCUT2D eigenvalue weighted by Crippen LogP contribution is -2.21. The minimum Gasteiger partial charge on any atom is -0.381 e. The number of anilines is 1. The smallest absolute Gasteiger partial charge is 0.221 e. The van der Waals surface area contributed by atoms with Gasteiger partial charge in [0.25, 0.3) is 0 Å². The number of benzene rings is 2. The number of nitrogens with one attached hydrogen (secondary N) is 1. The zero-order chi connectivity index (χ0) is 13.9. The van der Waals surface area contributed by atoms with E-state index >= 15 is 0 Å². The van der Waals surface area contributed by atoms with Gasteiger partial charge in [-0.15, -0.1) is 0 Å². The molecule has 0 heterocycles. The molecule has 3 heteroatoms. The third kappa shape index (κ3) is 2.67. The Morgan fingerprint density at radius 2 is 1.65 bits per heavy atom. The van der Waals surface area contributed by atoms with E-state index in [1.165, 1.54) is 11.1 Å². The average Bonchev–Trinajstić information content (AvgIpc) is 2.82. The summed E-state index contributed by atoms with van der Waals surface area (Å²) in [6.07, 6.45) is 2.34. The van der Waals surface area contributed by atoms with Gasteiger partial charge in [0.2, 0.25) is 5.91 Å². The minimum atomic E-state index is -0.297. The number of rotatable bonds is 4. The quantitative estimate of drug-likeness (QED) is 0.892. The van der Waals surface area contributed by atoms with Crippen LogP contribution in [0.4, 0.5) is 5.69 Å². The molecule has 0 saturated heterocycles. The van der Waals surface area contributed by atoms with Crippen LogP contribution in [0, 0.1) is 0 Å². The van der Waals surface area contributed by atoms with Crippen LogP contribution >= 0.6 is 0 Å². The second-order valence-electron chi connectivity index (χ2n) is 5.32. The lowest BCUT2D eigenvalue weighted by Gasteiger charge is -2.16. The minimum absolute atomic E-state index is 0.281. The largest absolute Gasteiger partial charge is 0.381 e. The van der Waals surface area contributed by atoms with Crippen molar-refractivity contribution < 1.29 is 4.79 Å². The first-order chi connectivity index (χ1) is 9.72. The van der Waals surface area contributed by atoms with E-state index in [2.05, 4.69) is 29.6 Å². The second-order valence-corrected chi connectivity index (χ2v) is 5.32. The molecule has 102 valence electrons. The number of fused-ring (bicyclic) bond motifs is 1. The molecule has 0 atom stereocenters. The zero-order valence-corrected chi connectivity index (χ0v) is 11.3. The van der Waals surface area contributed by atoms with Crippen molar-refractivity contribution in [2.75, 3.05) is 5.32 Å². The van der Waals surface area contributed by atoms with Gasteiger partial charge in [0.15, 0.2) is 0 Å². The van der Waals surface area contributed by atoms with E-state index in [4.69, 9.17) is 5.73 Å². The Bertz CT molecular complexity index is 611. The standard InChI is InChI=1S/C17H18N2O/c18-17(20)11-14-7-3-4-8-16(14)19-15-9-12-5-1-2-6-13(12)10-15/h1-8,15,19H,9-11H2,(H2,18,20). The van der Waals surface area contributed by atoms with Crippen molar-refractivity contribution in [3.05, 3.63) is 65.2 Å². The Morgan fingerprint density at radius 1 is 1.05 bits per heavy atom. The summed E-state index contributed by atoms with van der Waals surface area (Å²) in [7, 11) is 0. The maximum Gasteiger partial charge on any atom is 0.221 e. The average molecular weight is 266 g/mol. The van der Waals surface area contributed by atoms with Gasteiger partial charge in [0.1, 0.15) is 0 Å². The van der Waals surface area contributed by atoms with Crippen molar-refractivity contribution in [3.63, 3.8) is 0 Å². The van der Waals surface area contributed by atoms with Crippen LogP contribution in [-0.2, 0) is 24.1 Å². The van der Waals surface area contributed by atoms with E-state index in [0.29, 0.717) is 6.04 Å². The van der Waals surface area contributed by atoms with Gasteiger partial charge in [-0.05, 0) is 35.6 Å². The molecule has 0 bridgehead atoms. The lowest BCUT2D eigenvalue weighted by molar-refractivity contribution is -0.117. The van der Waals surface area contributed by atoms with Crippen LogP contribution in [0.3, 0.4) is 0 Å². The predicted octanol–water partition coefficient (Wildman–Crippen LogP) is 2.29. The number of hydrogen-bond acceptors (Lipinski definition) is 2. The van der Waals surface area contributed by atoms with Gasteiger partial charge in [0.05, 0.1) is 6.42 Å². The van der Waals surface area contributed by atoms with Gasteiger partial charge in [0, 0.05) is 11.7 Å². The predicted molar refractivity (Wildman–Crippen MR) is 80.6 cm³/mol. The monoisotopic (exact) mass is 266 g/mol. The number of hydrogen-bond donors (Lipinski definition) is 2. The first kappa shape index (κ1) is 12.7. The number of carbonyl (C=O) groups excluding carboxylic acids is 1. The molecule has 20 heavy (non-hydrogen) atoms. The molecule has 0 fully saturated rings. The number of carbonyl (C=O) groups is 1. The van der Waals surface area contributed by atoms with Gasteiger partial charge in [-0.3, -0.25) is 4.79 Å². The fourth-order valence-electron chi connectivity index (χ4n) is 2.88. The number of amides is 1. The van der Waals surface area contributed by atoms with Crippen LogP contribution in [0.5, 0.6) is 0 Å². The van der Waals surface area contributed by atoms with Gasteiger partial charge >= 0.3 is 0 Å². The summed E-state index contributed by atoms with van der Waals surface area (Å²) in [5, 5.41) is 3.55. The van der Waals surface area contributed by atoms with E-state index in [1.54, 1.807) is 0 Å². The normalized spacial score (nSPS) is 14.0. The van der Waals surface area contributed by atoms with E-state index in [0.717, 1.165) is 24.1 Å². The molecule has 0 saturated carbocycles. The number of nitrogens with two attached hydrogens (primary N) is 1. The molecular weight excluding hydrogens is 248 g/mol. The third-order valence-corrected chi connectivity index (χ3v) is 3.79. The molecule has 0 aromatic heterocycles. The molecule has 3 rings (SSSR count). The van der Waals surface area contributed by atoms with Crippen LogP contribution in [0.25, 0.3) is 0 Å². The third-order valence-electron chi connectivity index (χ3n) is 3.79. The van der Waals surface area contributed by atoms with Crippen LogP contribution < -0.4 is 11.1 Å². The SMILES string of the molecule is NC(=O)Cc1ccccc1NC1Cc2ccccc2C1. The van der Waals surface area contributed by atoms with Gasteiger partial charge < -0.3 is 11.1 Å². The molecule has 3 nitrogen and oxygen atoms in total. The highest BCUT2D eigenvalue weighted by molar-refractivity contribution is 5.78. The van der Waals surface area contributed by atoms with Gasteiger partial charge in [-0.2, -0.15) is 0 Å². The molecule has 1 aliphatic carbocycles. The summed E-state index contributed by atoms with van der Waals surface area (Å²) in [5.41, 5.74) is 10.1. The van der Waals surface area contributed by atoms with Gasteiger partial charge in [-0.1, -0.05) is 42.5 Å². The summed E-state index contributed by atoms with van der Waals surface area (Å²) in [5.74, 6) is -0.297. The lowest BCUT2D eigenvalue weighted by atomic mass is 10.1. The van der Waals surface area contributed by atoms with Crippen LogP contribution in [0.15, 0.2) is 48.5 Å². The van der Waals surface area contributed by atoms with E-state index < -0.39 is 0 Å². The topological polar surface area (TPSA) is 55.1 Å². The Balaban J connectivity index is 1.75. The maximum absolute atomic E-state index is 11.1. The Kier molecular flexibility index (Phi) is 3.42. The molecule has 2 aromatic rings. The number of primary amides is 1. The molecule has 0 unspecified atom stereocenters. The number of para-hydroxylation sites is 1. The van der Waals surface area contributed by atoms with Crippen molar-refractivity contribution in [2.45, 2.75) is 25.3 Å². The zero-order valence-electron chi connectivity index (χ0n) is 11.3. The van der Waals surface area contributed by atoms with Crippen LogP contribution in [0.2, 0.25) is 0 Å². The van der Waals surface area contributed by atoms with E-state index in [1.807, 2.05) is 24.3 Å². The summed E-state index contributed by atoms with van der Waals surface area (Å²) >= 11 is 0. The van der Waals surface area contributed by atoms with E-state index in [-0.39, 0.29) is 12.3 Å². The summed E-state index contributed by atoms with van der Waals surface area (Å²) in [4.78, 5) is 11.1. The Labute approximate surface area is 118 Å². The van der Waals surface area contributed by atoms with Crippen molar-refractivity contribution >= 4 is 11.6 Å². The fourth-order valence-corrected chi connectivity index (χ4v) is 2.88. The molecule has 0 aliphatic heterocycles. The highest BCUT2D eigenvalue weighted by Gasteiger charge is 2.21. The first-order valence-electron chi connectivity index (χ1n) is 6.92. The Hall–Kier alpha value is -2.29. The summed E-state index contributed by atoms with van der Waals surface area (Å²) in [6.45, 7) is 0. The molecule has 3 N–H and O–H groups in total. The summed E-state index contributed by atoms with van der Waals surface area (Å²) in [6, 6.07) is 16.8. The fraction of sp³-hybridized carbons (Fsp3) is 0.235. The highest BCUT2D eigenvalue weighted by atomic mass is 16.1. The highest BCUT2D eigenvalue weighted by Crippen LogP contribution is 2.26. The Morgan fingerprint density at radius 3 is 2.30 bits per heavy atom. The van der Waals surface area contributed by atoms with Crippen LogP contribution in [0.1, 0.15) is 16.7 Å². The van der Waals surface area contributed by atoms with Gasteiger partial charge in [-0.25, -0.2) is 0 Å². The molecular formula is C17H18N2O. The van der Waals surface area contributed by atoms with Crippen molar-refractivity contribution in [1.29, 1.82) is 0 Å². The second kappa shape index (κ2) is 5.37. The molecule has 1 amide bonds. The van der Waals surface area contributed by atoms with Crippen LogP contribution in [-0.4, -0.2) is 11.9 Å². The molecule has 0 spiro atoms. The maximum atomic E-state index is 11.1. The van der Waals surface area contributed by atoms with Crippen molar-refractivity contribution in [1.82, 2.24) is 0 Å². The van der Waals surface area contributed by atoms with E-state index in [9.17, 15) is 4.79 Å². The summed E-state index contributed by atoms with van der Waals surface area (Å²) < 4.78 is 0. The molecule has 2 aromatic carbocycles. The molecule has 1 aliphatic rings.